The second-order valence-corrected chi connectivity index (χ2v) is 7.98. The lowest BCUT2D eigenvalue weighted by atomic mass is 9.98. The summed E-state index contributed by atoms with van der Waals surface area (Å²) in [6.45, 7) is 6.26. The molecule has 1 aromatic heterocycles. The van der Waals surface area contributed by atoms with E-state index in [0.717, 1.165) is 62.8 Å². The molecule has 0 spiro atoms. The van der Waals surface area contributed by atoms with Crippen molar-refractivity contribution in [3.63, 3.8) is 0 Å². The molecule has 1 aromatic carbocycles. The zero-order valence-electron chi connectivity index (χ0n) is 18.9. The minimum Gasteiger partial charge on any atom is -0.497 e. The lowest BCUT2D eigenvalue weighted by Gasteiger charge is -2.32. The molecule has 0 saturated carbocycles. The average molecular weight is 537 g/mol. The molecule has 2 aromatic rings. The number of pyridine rings is 1. The van der Waals surface area contributed by atoms with Gasteiger partial charge < -0.3 is 15.4 Å². The third kappa shape index (κ3) is 8.29. The third-order valence-corrected chi connectivity index (χ3v) is 5.82. The van der Waals surface area contributed by atoms with Gasteiger partial charge in [0, 0.05) is 45.5 Å². The van der Waals surface area contributed by atoms with E-state index in [-0.39, 0.29) is 24.0 Å². The number of hydrogen-bond acceptors (Lipinski definition) is 4. The van der Waals surface area contributed by atoms with Crippen molar-refractivity contribution in [1.29, 1.82) is 0 Å². The van der Waals surface area contributed by atoms with Crippen LogP contribution in [0, 0.1) is 0 Å². The van der Waals surface area contributed by atoms with Crippen LogP contribution in [0.15, 0.2) is 53.7 Å². The van der Waals surface area contributed by atoms with Crippen LogP contribution in [0.25, 0.3) is 0 Å². The Morgan fingerprint density at radius 3 is 2.55 bits per heavy atom. The van der Waals surface area contributed by atoms with E-state index in [9.17, 15) is 0 Å². The smallest absolute Gasteiger partial charge is 0.191 e. The Morgan fingerprint density at radius 2 is 1.94 bits per heavy atom. The number of likely N-dealkylation sites (tertiary alicyclic amines) is 1. The van der Waals surface area contributed by atoms with Crippen LogP contribution in [0.3, 0.4) is 0 Å². The fourth-order valence-electron chi connectivity index (χ4n) is 3.85. The number of rotatable bonds is 8. The molecule has 6 nitrogen and oxygen atoms in total. The predicted molar refractivity (Wildman–Crippen MR) is 138 cm³/mol. The standard InChI is InChI=1S/C24H35N5O.HI/c1-19(20-7-9-23(30-3)10-8-20)11-15-27-24(25-2)28-21-12-16-29(17-13-21)18-22-6-4-5-14-26-22;/h4-10,14,19,21H,11-13,15-18H2,1-3H3,(H2,25,27,28);1H. The molecule has 1 unspecified atom stereocenters. The van der Waals surface area contributed by atoms with Gasteiger partial charge in [0.25, 0.3) is 0 Å². The van der Waals surface area contributed by atoms with Crippen molar-refractivity contribution in [1.82, 2.24) is 20.5 Å². The van der Waals surface area contributed by atoms with Gasteiger partial charge in [-0.3, -0.25) is 14.9 Å². The molecule has 2 N–H and O–H groups in total. The van der Waals surface area contributed by atoms with E-state index in [2.05, 4.69) is 56.7 Å². The highest BCUT2D eigenvalue weighted by molar-refractivity contribution is 14.0. The van der Waals surface area contributed by atoms with Crippen molar-refractivity contribution in [3.8, 4) is 5.75 Å². The second kappa shape index (κ2) is 13.5. The van der Waals surface area contributed by atoms with E-state index in [1.165, 1.54) is 5.56 Å². The zero-order valence-corrected chi connectivity index (χ0v) is 21.2. The summed E-state index contributed by atoms with van der Waals surface area (Å²) in [6.07, 6.45) is 5.16. The Labute approximate surface area is 203 Å². The monoisotopic (exact) mass is 537 g/mol. The van der Waals surface area contributed by atoms with E-state index in [4.69, 9.17) is 4.74 Å². The van der Waals surface area contributed by atoms with Gasteiger partial charge in [-0.25, -0.2) is 0 Å². The molecular weight excluding hydrogens is 501 g/mol. The number of hydrogen-bond donors (Lipinski definition) is 2. The first-order valence-electron chi connectivity index (χ1n) is 10.9. The van der Waals surface area contributed by atoms with Gasteiger partial charge in [-0.1, -0.05) is 25.1 Å². The number of piperidine rings is 1. The Morgan fingerprint density at radius 1 is 1.19 bits per heavy atom. The van der Waals surface area contributed by atoms with Gasteiger partial charge >= 0.3 is 0 Å². The number of halogens is 1. The van der Waals surface area contributed by atoms with Crippen LogP contribution in [0.4, 0.5) is 0 Å². The zero-order chi connectivity index (χ0) is 21.2. The summed E-state index contributed by atoms with van der Waals surface area (Å²) in [4.78, 5) is 11.3. The summed E-state index contributed by atoms with van der Waals surface area (Å²) in [5, 5.41) is 7.08. The minimum atomic E-state index is 0. The van der Waals surface area contributed by atoms with Gasteiger partial charge in [-0.15, -0.1) is 24.0 Å². The number of nitrogens with zero attached hydrogens (tertiary/aromatic N) is 3. The average Bonchev–Trinajstić information content (AvgIpc) is 2.80. The lowest BCUT2D eigenvalue weighted by molar-refractivity contribution is 0.196. The number of aromatic nitrogens is 1. The quantitative estimate of drug-likeness (QED) is 0.303. The maximum Gasteiger partial charge on any atom is 0.191 e. The van der Waals surface area contributed by atoms with Crippen molar-refractivity contribution < 1.29 is 4.74 Å². The van der Waals surface area contributed by atoms with Gasteiger partial charge in [0.2, 0.25) is 0 Å². The first-order chi connectivity index (χ1) is 14.7. The highest BCUT2D eigenvalue weighted by atomic mass is 127. The van der Waals surface area contributed by atoms with Crippen LogP contribution < -0.4 is 15.4 Å². The highest BCUT2D eigenvalue weighted by Gasteiger charge is 2.20. The number of nitrogens with one attached hydrogen (secondary N) is 2. The van der Waals surface area contributed by atoms with Crippen molar-refractivity contribution in [3.05, 3.63) is 59.9 Å². The predicted octanol–water partition coefficient (Wildman–Crippen LogP) is 4.03. The summed E-state index contributed by atoms with van der Waals surface area (Å²) in [5.74, 6) is 2.29. The first kappa shape index (κ1) is 25.4. The fraction of sp³-hybridized carbons (Fsp3) is 0.500. The number of methoxy groups -OCH3 is 1. The molecule has 0 radical (unpaired) electrons. The molecule has 1 aliphatic rings. The number of ether oxygens (including phenoxy) is 1. The summed E-state index contributed by atoms with van der Waals surface area (Å²) in [5.41, 5.74) is 2.48. The van der Waals surface area contributed by atoms with E-state index in [1.54, 1.807) is 7.11 Å². The first-order valence-corrected chi connectivity index (χ1v) is 10.9. The second-order valence-electron chi connectivity index (χ2n) is 7.98. The molecule has 3 rings (SSSR count). The van der Waals surface area contributed by atoms with Crippen LogP contribution in [0.5, 0.6) is 5.75 Å². The van der Waals surface area contributed by atoms with Crippen LogP contribution >= 0.6 is 24.0 Å². The molecule has 1 atom stereocenters. The largest absolute Gasteiger partial charge is 0.497 e. The van der Waals surface area contributed by atoms with Crippen LogP contribution in [-0.4, -0.2) is 55.7 Å². The Balaban J connectivity index is 0.00000341. The van der Waals surface area contributed by atoms with Crippen LogP contribution in [0.1, 0.15) is 43.4 Å². The highest BCUT2D eigenvalue weighted by Crippen LogP contribution is 2.21. The summed E-state index contributed by atoms with van der Waals surface area (Å²) in [7, 11) is 3.55. The van der Waals surface area contributed by atoms with Gasteiger partial charge in [0.15, 0.2) is 5.96 Å². The molecule has 2 heterocycles. The van der Waals surface area contributed by atoms with Crippen molar-refractivity contribution in [2.24, 2.45) is 4.99 Å². The fourth-order valence-corrected chi connectivity index (χ4v) is 3.85. The number of benzene rings is 1. The maximum absolute atomic E-state index is 5.24. The topological polar surface area (TPSA) is 61.8 Å². The number of aliphatic imine (C=N–C) groups is 1. The van der Waals surface area contributed by atoms with Gasteiger partial charge in [-0.05, 0) is 55.0 Å². The molecule has 31 heavy (non-hydrogen) atoms. The van der Waals surface area contributed by atoms with E-state index >= 15 is 0 Å². The Bertz CT molecular complexity index is 776. The van der Waals surface area contributed by atoms with Crippen LogP contribution in [-0.2, 0) is 6.54 Å². The minimum absolute atomic E-state index is 0. The van der Waals surface area contributed by atoms with Gasteiger partial charge in [-0.2, -0.15) is 0 Å². The molecule has 1 aliphatic heterocycles. The molecule has 1 fully saturated rings. The van der Waals surface area contributed by atoms with E-state index in [1.807, 2.05) is 31.4 Å². The number of guanidine groups is 1. The normalized spacial score (nSPS) is 16.3. The van der Waals surface area contributed by atoms with Crippen molar-refractivity contribution >= 4 is 29.9 Å². The maximum atomic E-state index is 5.24. The molecule has 7 heteroatoms. The van der Waals surface area contributed by atoms with Crippen LogP contribution in [0.2, 0.25) is 0 Å². The molecule has 0 aliphatic carbocycles. The Kier molecular flexibility index (Phi) is 11.1. The summed E-state index contributed by atoms with van der Waals surface area (Å²) in [6, 6.07) is 14.9. The lowest BCUT2D eigenvalue weighted by Crippen LogP contribution is -2.48. The molecule has 170 valence electrons. The molecule has 0 bridgehead atoms. The summed E-state index contributed by atoms with van der Waals surface area (Å²) < 4.78 is 5.24. The SMILES string of the molecule is CN=C(NCCC(C)c1ccc(OC)cc1)NC1CCN(Cc2ccccn2)CC1.I. The molecule has 0 amide bonds. The van der Waals surface area contributed by atoms with Crippen molar-refractivity contribution in [2.75, 3.05) is 33.8 Å². The summed E-state index contributed by atoms with van der Waals surface area (Å²) >= 11 is 0. The molecular formula is C24H36IN5O. The van der Waals surface area contributed by atoms with E-state index in [0.29, 0.717) is 12.0 Å². The third-order valence-electron chi connectivity index (χ3n) is 5.82. The van der Waals surface area contributed by atoms with Gasteiger partial charge in [0.1, 0.15) is 5.75 Å². The Hall–Kier alpha value is -1.87. The molecule has 1 saturated heterocycles. The van der Waals surface area contributed by atoms with E-state index < -0.39 is 0 Å². The van der Waals surface area contributed by atoms with Gasteiger partial charge in [0.05, 0.1) is 12.8 Å². The van der Waals surface area contributed by atoms with Crippen molar-refractivity contribution in [2.45, 2.75) is 44.7 Å².